The molecule has 1 fully saturated rings. The molecule has 0 bridgehead atoms. The molecule has 10 nitrogen and oxygen atoms in total. The quantitative estimate of drug-likeness (QED) is 0.602. The van der Waals surface area contributed by atoms with Gasteiger partial charge in [0.2, 0.25) is 11.8 Å². The third-order valence-electron chi connectivity index (χ3n) is 4.13. The first kappa shape index (κ1) is 22.4. The van der Waals surface area contributed by atoms with Crippen molar-refractivity contribution in [1.29, 1.82) is 0 Å². The van der Waals surface area contributed by atoms with E-state index >= 15 is 0 Å². The van der Waals surface area contributed by atoms with Gasteiger partial charge in [-0.05, 0) is 23.8 Å². The van der Waals surface area contributed by atoms with E-state index < -0.39 is 28.1 Å². The molecule has 12 heteroatoms. The molecule has 1 N–H and O–H groups in total. The highest BCUT2D eigenvalue weighted by molar-refractivity contribution is 7.85. The zero-order valence-electron chi connectivity index (χ0n) is 16.7. The second-order valence-electron chi connectivity index (χ2n) is 6.74. The van der Waals surface area contributed by atoms with Crippen molar-refractivity contribution in [2.45, 2.75) is 19.6 Å². The van der Waals surface area contributed by atoms with Gasteiger partial charge in [-0.15, -0.1) is 0 Å². The van der Waals surface area contributed by atoms with Crippen LogP contribution < -0.4 is 15.0 Å². The fourth-order valence-corrected chi connectivity index (χ4v) is 3.03. The Morgan fingerprint density at radius 3 is 2.74 bits per heavy atom. The van der Waals surface area contributed by atoms with Gasteiger partial charge < -0.3 is 14.8 Å². The van der Waals surface area contributed by atoms with Gasteiger partial charge in [-0.1, -0.05) is 0 Å². The Labute approximate surface area is 178 Å². The van der Waals surface area contributed by atoms with Crippen LogP contribution in [-0.2, 0) is 30.4 Å². The number of rotatable bonds is 8. The highest BCUT2D eigenvalue weighted by Crippen LogP contribution is 2.29. The van der Waals surface area contributed by atoms with Crippen molar-refractivity contribution < 1.29 is 36.1 Å². The van der Waals surface area contributed by atoms with Crippen molar-refractivity contribution >= 4 is 27.8 Å². The molecule has 1 aliphatic heterocycles. The lowest BCUT2D eigenvalue weighted by Crippen LogP contribution is -2.33. The summed E-state index contributed by atoms with van der Waals surface area (Å²) < 4.78 is 51.8. The number of anilines is 1. The minimum atomic E-state index is -3.58. The number of nitrogens with zero attached hydrogens (tertiary/aromatic N) is 2. The van der Waals surface area contributed by atoms with Crippen LogP contribution in [0.1, 0.15) is 12.5 Å². The van der Waals surface area contributed by atoms with Crippen LogP contribution in [-0.4, -0.2) is 50.9 Å². The molecule has 1 unspecified atom stereocenters. The van der Waals surface area contributed by atoms with E-state index in [-0.39, 0.29) is 42.9 Å². The van der Waals surface area contributed by atoms with Crippen LogP contribution in [0.15, 0.2) is 36.5 Å². The predicted molar refractivity (Wildman–Crippen MR) is 107 cm³/mol. The van der Waals surface area contributed by atoms with Crippen LogP contribution in [0.4, 0.5) is 14.9 Å². The molecule has 1 atom stereocenters. The third kappa shape index (κ3) is 6.36. The van der Waals surface area contributed by atoms with Gasteiger partial charge in [-0.2, -0.15) is 8.42 Å². The lowest BCUT2D eigenvalue weighted by Gasteiger charge is -2.14. The van der Waals surface area contributed by atoms with Crippen molar-refractivity contribution in [1.82, 2.24) is 10.3 Å². The maximum absolute atomic E-state index is 14.5. The monoisotopic (exact) mass is 453 g/mol. The summed E-state index contributed by atoms with van der Waals surface area (Å²) >= 11 is 0. The number of pyridine rings is 1. The smallest absolute Gasteiger partial charge is 0.414 e. The second kappa shape index (κ2) is 9.27. The van der Waals surface area contributed by atoms with Crippen LogP contribution >= 0.6 is 0 Å². The molecular formula is C19H20FN3O7S. The molecule has 2 amide bonds. The highest BCUT2D eigenvalue weighted by Gasteiger charge is 2.32. The first-order chi connectivity index (χ1) is 14.6. The van der Waals surface area contributed by atoms with E-state index in [1.54, 1.807) is 0 Å². The maximum atomic E-state index is 14.5. The van der Waals surface area contributed by atoms with Crippen molar-refractivity contribution in [2.24, 2.45) is 0 Å². The molecule has 1 aromatic heterocycles. The van der Waals surface area contributed by atoms with Gasteiger partial charge in [0.15, 0.2) is 11.6 Å². The van der Waals surface area contributed by atoms with Gasteiger partial charge in [0.05, 0.1) is 31.6 Å². The van der Waals surface area contributed by atoms with Gasteiger partial charge in [0.1, 0.15) is 6.10 Å². The van der Waals surface area contributed by atoms with Crippen molar-refractivity contribution in [3.8, 4) is 11.6 Å². The number of nitrogens with one attached hydrogen (secondary N) is 1. The number of carbonyl (C=O) groups is 2. The van der Waals surface area contributed by atoms with Gasteiger partial charge in [-0.3, -0.25) is 13.9 Å². The predicted octanol–water partition coefficient (Wildman–Crippen LogP) is 1.95. The molecule has 0 spiro atoms. The molecular weight excluding hydrogens is 433 g/mol. The van der Waals surface area contributed by atoms with Gasteiger partial charge in [0.25, 0.3) is 10.1 Å². The van der Waals surface area contributed by atoms with Crippen LogP contribution in [0, 0.1) is 5.82 Å². The fraction of sp³-hybridized carbons (Fsp3) is 0.316. The first-order valence-corrected chi connectivity index (χ1v) is 10.9. The van der Waals surface area contributed by atoms with Crippen molar-refractivity contribution in [2.75, 3.05) is 24.2 Å². The van der Waals surface area contributed by atoms with E-state index in [1.807, 2.05) is 0 Å². The summed E-state index contributed by atoms with van der Waals surface area (Å²) in [6, 6.07) is 6.95. The van der Waals surface area contributed by atoms with Crippen LogP contribution in [0.2, 0.25) is 0 Å². The number of halogens is 1. The number of hydrogen-bond donors (Lipinski definition) is 1. The number of hydrogen-bond acceptors (Lipinski definition) is 8. The summed E-state index contributed by atoms with van der Waals surface area (Å²) in [5.41, 5.74) is 0.774. The van der Waals surface area contributed by atoms with Crippen molar-refractivity contribution in [3.63, 3.8) is 0 Å². The van der Waals surface area contributed by atoms with E-state index in [4.69, 9.17) is 9.47 Å². The average molecular weight is 453 g/mol. The molecule has 1 aliphatic rings. The SMILES string of the molecule is CC(=O)NCC1CN(c2ccc(Oc3ccc(COS(C)(=O)=O)cn3)c(F)c2)C(=O)O1. The van der Waals surface area contributed by atoms with Gasteiger partial charge >= 0.3 is 6.09 Å². The Hall–Kier alpha value is -3.25. The summed E-state index contributed by atoms with van der Waals surface area (Å²) in [4.78, 5) is 28.3. The molecule has 3 rings (SSSR count). The Balaban J connectivity index is 1.63. The van der Waals surface area contributed by atoms with E-state index in [1.165, 1.54) is 42.3 Å². The highest BCUT2D eigenvalue weighted by atomic mass is 32.2. The zero-order valence-corrected chi connectivity index (χ0v) is 17.5. The van der Waals surface area contributed by atoms with Gasteiger partial charge in [0, 0.05) is 25.3 Å². The number of carbonyl (C=O) groups excluding carboxylic acids is 2. The number of aromatic nitrogens is 1. The molecule has 166 valence electrons. The Kier molecular flexibility index (Phi) is 6.71. The van der Waals surface area contributed by atoms with Crippen LogP contribution in [0.3, 0.4) is 0 Å². The summed E-state index contributed by atoms with van der Waals surface area (Å²) in [6.07, 6.45) is 1.11. The Morgan fingerprint density at radius 1 is 1.35 bits per heavy atom. The van der Waals surface area contributed by atoms with E-state index in [2.05, 4.69) is 14.5 Å². The lowest BCUT2D eigenvalue weighted by atomic mass is 10.2. The number of ether oxygens (including phenoxy) is 2. The molecule has 0 radical (unpaired) electrons. The normalized spacial score (nSPS) is 16.2. The molecule has 2 aromatic rings. The summed E-state index contributed by atoms with van der Waals surface area (Å²) in [6.45, 7) is 1.51. The average Bonchev–Trinajstić information content (AvgIpc) is 3.07. The maximum Gasteiger partial charge on any atom is 0.414 e. The number of amides is 2. The summed E-state index contributed by atoms with van der Waals surface area (Å²) in [7, 11) is -3.58. The van der Waals surface area contributed by atoms with E-state index in [0.717, 1.165) is 12.3 Å². The largest absolute Gasteiger partial charge is 0.442 e. The molecule has 1 saturated heterocycles. The second-order valence-corrected chi connectivity index (χ2v) is 8.39. The third-order valence-corrected chi connectivity index (χ3v) is 4.68. The molecule has 2 heterocycles. The topological polar surface area (TPSA) is 124 Å². The standard InChI is InChI=1S/C19H20FN3O7S/c1-12(24)21-9-15-10-23(19(25)29-15)14-4-5-17(16(20)7-14)30-18-6-3-13(8-22-18)11-28-31(2,26)27/h3-8,15H,9-11H2,1-2H3,(H,21,24). The van der Waals surface area contributed by atoms with Crippen molar-refractivity contribution in [3.05, 3.63) is 47.9 Å². The molecule has 0 saturated carbocycles. The van der Waals surface area contributed by atoms with E-state index in [0.29, 0.717) is 5.56 Å². The van der Waals surface area contributed by atoms with E-state index in [9.17, 15) is 22.4 Å². The minimum absolute atomic E-state index is 0.0886. The first-order valence-electron chi connectivity index (χ1n) is 9.10. The van der Waals surface area contributed by atoms with Crippen LogP contribution in [0.5, 0.6) is 11.6 Å². The molecule has 31 heavy (non-hydrogen) atoms. The Morgan fingerprint density at radius 2 is 2.13 bits per heavy atom. The zero-order chi connectivity index (χ0) is 22.6. The number of cyclic esters (lactones) is 1. The van der Waals surface area contributed by atoms with Crippen LogP contribution in [0.25, 0.3) is 0 Å². The summed E-state index contributed by atoms with van der Waals surface area (Å²) in [5.74, 6) is -0.988. The molecule has 0 aliphatic carbocycles. The minimum Gasteiger partial charge on any atom is -0.442 e. The fourth-order valence-electron chi connectivity index (χ4n) is 2.68. The lowest BCUT2D eigenvalue weighted by molar-refractivity contribution is -0.119. The number of benzene rings is 1. The Bertz CT molecular complexity index is 1080. The summed E-state index contributed by atoms with van der Waals surface area (Å²) in [5, 5.41) is 2.57. The molecule has 1 aromatic carbocycles. The van der Waals surface area contributed by atoms with Gasteiger partial charge in [-0.25, -0.2) is 14.2 Å².